The molecule has 0 saturated heterocycles. The summed E-state index contributed by atoms with van der Waals surface area (Å²) in [5.74, 6) is -6.38. The Morgan fingerprint density at radius 2 is 1.50 bits per heavy atom. The second-order valence-corrected chi connectivity index (χ2v) is 4.95. The number of hydrogen-bond donors (Lipinski definition) is 6. The Bertz CT molecular complexity index is 668. The molecule has 0 fully saturated rings. The van der Waals surface area contributed by atoms with Crippen LogP contribution in [0.1, 0.15) is 12.1 Å². The summed E-state index contributed by atoms with van der Waals surface area (Å²) >= 11 is 0. The van der Waals surface area contributed by atoms with Crippen LogP contribution in [0.5, 0.6) is 0 Å². The van der Waals surface area contributed by atoms with Gasteiger partial charge in [0.2, 0.25) is 11.8 Å². The molecule has 172 valence electrons. The van der Waals surface area contributed by atoms with Gasteiger partial charge in [-0.2, -0.15) is 26.3 Å². The molecule has 0 saturated carbocycles. The summed E-state index contributed by atoms with van der Waals surface area (Å²) in [6.45, 7) is 0.237. The quantitative estimate of drug-likeness (QED) is 0.310. The van der Waals surface area contributed by atoms with E-state index in [-0.39, 0.29) is 18.9 Å². The van der Waals surface area contributed by atoms with Crippen LogP contribution >= 0.6 is 0 Å². The van der Waals surface area contributed by atoms with E-state index in [0.717, 1.165) is 5.69 Å². The zero-order valence-electron chi connectivity index (χ0n) is 14.8. The molecule has 0 radical (unpaired) electrons. The van der Waals surface area contributed by atoms with E-state index in [2.05, 4.69) is 15.3 Å². The average molecular weight is 453 g/mol. The normalized spacial score (nSPS) is 11.7. The molecule has 0 spiro atoms. The summed E-state index contributed by atoms with van der Waals surface area (Å²) in [6.07, 6.45) is -6.63. The number of rotatable bonds is 6. The van der Waals surface area contributed by atoms with Gasteiger partial charge in [0, 0.05) is 31.3 Å². The van der Waals surface area contributed by atoms with Gasteiger partial charge in [0.25, 0.3) is 0 Å². The van der Waals surface area contributed by atoms with E-state index in [1.807, 2.05) is 0 Å². The number of H-pyrrole nitrogens is 1. The highest BCUT2D eigenvalue weighted by molar-refractivity contribution is 5.86. The highest BCUT2D eigenvalue weighted by Crippen LogP contribution is 2.13. The fourth-order valence-electron chi connectivity index (χ4n) is 1.24. The number of hydrogen-bond acceptors (Lipinski definition) is 6. The predicted molar refractivity (Wildman–Crippen MR) is 84.5 cm³/mol. The number of aromatic amines is 1. The van der Waals surface area contributed by atoms with Gasteiger partial charge in [-0.25, -0.2) is 14.6 Å². The number of nitrogens with one attached hydrogen (secondary N) is 2. The number of carboxylic acid groups (broad SMARTS) is 2. The molecule has 1 aromatic heterocycles. The van der Waals surface area contributed by atoms with Crippen molar-refractivity contribution in [3.63, 3.8) is 0 Å². The van der Waals surface area contributed by atoms with Gasteiger partial charge in [0.1, 0.15) is 6.04 Å². The number of alkyl halides is 6. The molecule has 17 heteroatoms. The Kier molecular flexibility index (Phi) is 12.5. The van der Waals surface area contributed by atoms with Crippen LogP contribution in [0.2, 0.25) is 0 Å². The van der Waals surface area contributed by atoms with Crippen LogP contribution in [0.3, 0.4) is 0 Å². The first-order valence-corrected chi connectivity index (χ1v) is 7.38. The first-order chi connectivity index (χ1) is 13.5. The number of aromatic nitrogens is 2. The summed E-state index contributed by atoms with van der Waals surface area (Å²) in [5.41, 5.74) is 11.1. The molecule has 1 aromatic rings. The Balaban J connectivity index is 0. The highest BCUT2D eigenvalue weighted by atomic mass is 19.4. The average Bonchev–Trinajstić information content (AvgIpc) is 3.06. The summed E-state index contributed by atoms with van der Waals surface area (Å²) in [7, 11) is 0. The van der Waals surface area contributed by atoms with Crippen LogP contribution in [0.25, 0.3) is 0 Å². The Morgan fingerprint density at radius 1 is 1.07 bits per heavy atom. The number of nitrogens with two attached hydrogens (primary N) is 2. The standard InChI is InChI=1S/C9H15N5O2.2C2HF3O2/c10-2-1-8(15)14-7(9(11)16)3-6-4-12-5-13-6;2*3-2(4,5)1(6)7/h4-5,7H,1-3,10H2,(H2,11,16)(H,12,13)(H,14,15);2*(H,6,7)/t7-;;/m0../s1. The van der Waals surface area contributed by atoms with Crippen LogP contribution in [-0.2, 0) is 25.6 Å². The maximum Gasteiger partial charge on any atom is 0.490 e. The van der Waals surface area contributed by atoms with Crippen LogP contribution in [0, 0.1) is 0 Å². The molecule has 1 atom stereocenters. The zero-order valence-corrected chi connectivity index (χ0v) is 14.8. The van der Waals surface area contributed by atoms with Crippen LogP contribution in [0.4, 0.5) is 26.3 Å². The molecule has 8 N–H and O–H groups in total. The lowest BCUT2D eigenvalue weighted by molar-refractivity contribution is -0.193. The van der Waals surface area contributed by atoms with Crippen molar-refractivity contribution in [3.05, 3.63) is 18.2 Å². The molecule has 0 aliphatic heterocycles. The van der Waals surface area contributed by atoms with Crippen molar-refractivity contribution in [3.8, 4) is 0 Å². The molecule has 0 aromatic carbocycles. The number of imidazole rings is 1. The number of nitrogens with zero attached hydrogens (tertiary/aromatic N) is 1. The topological polar surface area (TPSA) is 201 Å². The fraction of sp³-hybridized carbons (Fsp3) is 0.462. The number of carbonyl (C=O) groups excluding carboxylic acids is 2. The lowest BCUT2D eigenvalue weighted by Crippen LogP contribution is -2.46. The van der Waals surface area contributed by atoms with Crippen molar-refractivity contribution in [2.24, 2.45) is 11.5 Å². The molecule has 0 aliphatic rings. The van der Waals surface area contributed by atoms with Crippen molar-refractivity contribution < 1.29 is 55.7 Å². The third-order valence-corrected chi connectivity index (χ3v) is 2.51. The maximum atomic E-state index is 11.3. The van der Waals surface area contributed by atoms with Crippen LogP contribution in [-0.4, -0.2) is 68.9 Å². The molecule has 0 aliphatic carbocycles. The van der Waals surface area contributed by atoms with Gasteiger partial charge in [-0.1, -0.05) is 0 Å². The second kappa shape index (κ2) is 13.0. The lowest BCUT2D eigenvalue weighted by atomic mass is 10.1. The third-order valence-electron chi connectivity index (χ3n) is 2.51. The first-order valence-electron chi connectivity index (χ1n) is 7.38. The number of amides is 2. The van der Waals surface area contributed by atoms with E-state index in [0.29, 0.717) is 6.42 Å². The lowest BCUT2D eigenvalue weighted by Gasteiger charge is -2.14. The van der Waals surface area contributed by atoms with Crippen molar-refractivity contribution >= 4 is 23.8 Å². The second-order valence-electron chi connectivity index (χ2n) is 4.95. The number of carbonyl (C=O) groups is 4. The van der Waals surface area contributed by atoms with Gasteiger partial charge in [-0.05, 0) is 0 Å². The third kappa shape index (κ3) is 14.7. The number of aliphatic carboxylic acids is 2. The summed E-state index contributed by atoms with van der Waals surface area (Å²) in [6, 6.07) is -0.737. The Hall–Kier alpha value is -3.37. The Morgan fingerprint density at radius 3 is 1.77 bits per heavy atom. The van der Waals surface area contributed by atoms with E-state index in [1.54, 1.807) is 6.20 Å². The van der Waals surface area contributed by atoms with E-state index in [1.165, 1.54) is 6.33 Å². The Labute approximate surface area is 163 Å². The fourth-order valence-corrected chi connectivity index (χ4v) is 1.24. The smallest absolute Gasteiger partial charge is 0.475 e. The molecule has 0 bridgehead atoms. The first kappa shape index (κ1) is 28.8. The number of primary amides is 1. The van der Waals surface area contributed by atoms with E-state index >= 15 is 0 Å². The maximum absolute atomic E-state index is 11.3. The van der Waals surface area contributed by atoms with Crippen LogP contribution in [0.15, 0.2) is 12.5 Å². The molecule has 0 unspecified atom stereocenters. The van der Waals surface area contributed by atoms with E-state index in [9.17, 15) is 35.9 Å². The molecule has 1 rings (SSSR count). The summed E-state index contributed by atoms with van der Waals surface area (Å²) in [5, 5.41) is 16.8. The van der Waals surface area contributed by atoms with E-state index in [4.69, 9.17) is 31.3 Å². The van der Waals surface area contributed by atoms with Crippen molar-refractivity contribution in [1.29, 1.82) is 0 Å². The predicted octanol–water partition coefficient (Wildman–Crippen LogP) is -0.462. The van der Waals surface area contributed by atoms with E-state index < -0.39 is 36.2 Å². The summed E-state index contributed by atoms with van der Waals surface area (Å²) in [4.78, 5) is 46.8. The minimum Gasteiger partial charge on any atom is -0.475 e. The molecular weight excluding hydrogens is 436 g/mol. The van der Waals surface area contributed by atoms with Gasteiger partial charge in [-0.15, -0.1) is 0 Å². The molecule has 2 amide bonds. The highest BCUT2D eigenvalue weighted by Gasteiger charge is 2.38. The van der Waals surface area contributed by atoms with Gasteiger partial charge < -0.3 is 32.0 Å². The monoisotopic (exact) mass is 453 g/mol. The molecular formula is C13H17F6N5O6. The molecule has 30 heavy (non-hydrogen) atoms. The van der Waals surface area contributed by atoms with Crippen molar-refractivity contribution in [1.82, 2.24) is 15.3 Å². The minimum atomic E-state index is -5.08. The van der Waals surface area contributed by atoms with Gasteiger partial charge >= 0.3 is 24.3 Å². The van der Waals surface area contributed by atoms with Crippen LogP contribution < -0.4 is 16.8 Å². The van der Waals surface area contributed by atoms with Crippen molar-refractivity contribution in [2.45, 2.75) is 31.2 Å². The van der Waals surface area contributed by atoms with Gasteiger partial charge in [0.05, 0.1) is 6.33 Å². The van der Waals surface area contributed by atoms with Crippen molar-refractivity contribution in [2.75, 3.05) is 6.54 Å². The number of carboxylic acids is 2. The summed E-state index contributed by atoms with van der Waals surface area (Å²) < 4.78 is 63.5. The zero-order chi connectivity index (χ0) is 24.1. The minimum absolute atomic E-state index is 0.173. The van der Waals surface area contributed by atoms with Gasteiger partial charge in [0.15, 0.2) is 0 Å². The van der Waals surface area contributed by atoms with Gasteiger partial charge in [-0.3, -0.25) is 9.59 Å². The molecule has 11 nitrogen and oxygen atoms in total. The largest absolute Gasteiger partial charge is 0.490 e. The molecule has 1 heterocycles. The number of halogens is 6. The SMILES string of the molecule is NCCC(=O)N[C@@H](Cc1cnc[nH]1)C(N)=O.O=C(O)C(F)(F)F.O=C(O)C(F)(F)F.